The minimum absolute atomic E-state index is 0.0145. The molecule has 1 atom stereocenters. The molecule has 1 aromatic rings. The summed E-state index contributed by atoms with van der Waals surface area (Å²) in [6.45, 7) is 5.06. The number of allylic oxidation sites excluding steroid dienone is 1. The molecule has 146 valence electrons. The predicted molar refractivity (Wildman–Crippen MR) is 108 cm³/mol. The topological polar surface area (TPSA) is 99.4 Å². The fourth-order valence-corrected chi connectivity index (χ4v) is 3.90. The number of primary amides is 1. The zero-order valence-corrected chi connectivity index (χ0v) is 16.5. The minimum Gasteiger partial charge on any atom is -0.373 e. The average Bonchev–Trinajstić information content (AvgIpc) is 3.18. The van der Waals surface area contributed by atoms with Gasteiger partial charge < -0.3 is 26.2 Å². The molecule has 3 aliphatic rings. The van der Waals surface area contributed by atoms with Crippen LogP contribution < -0.4 is 16.4 Å². The summed E-state index contributed by atoms with van der Waals surface area (Å²) in [4.78, 5) is 24.8. The van der Waals surface area contributed by atoms with E-state index in [0.717, 1.165) is 29.3 Å². The molecule has 0 fully saturated rings. The Bertz CT molecular complexity index is 957. The van der Waals surface area contributed by atoms with Crippen molar-refractivity contribution in [1.29, 1.82) is 0 Å². The van der Waals surface area contributed by atoms with Gasteiger partial charge in [0.2, 0.25) is 5.95 Å². The smallest absolute Gasteiger partial charge is 0.264 e. The lowest BCUT2D eigenvalue weighted by molar-refractivity contribution is -0.114. The predicted octanol–water partition coefficient (Wildman–Crippen LogP) is 1.21. The first-order valence-corrected chi connectivity index (χ1v) is 9.19. The number of amides is 1. The van der Waals surface area contributed by atoms with Crippen LogP contribution in [0, 0.1) is 5.41 Å². The van der Waals surface area contributed by atoms with E-state index in [1.807, 2.05) is 32.3 Å². The summed E-state index contributed by atoms with van der Waals surface area (Å²) in [5.41, 5.74) is 9.49. The van der Waals surface area contributed by atoms with Crippen LogP contribution in [0.4, 0.5) is 5.95 Å². The number of aromatic nitrogens is 2. The molecule has 28 heavy (non-hydrogen) atoms. The molecule has 8 nitrogen and oxygen atoms in total. The number of hydrogen-bond donors (Lipinski definition) is 3. The van der Waals surface area contributed by atoms with Gasteiger partial charge in [0.05, 0.1) is 24.1 Å². The number of nitrogens with two attached hydrogens (primary N) is 1. The van der Waals surface area contributed by atoms with E-state index >= 15 is 0 Å². The van der Waals surface area contributed by atoms with Crippen molar-refractivity contribution in [3.05, 3.63) is 59.4 Å². The van der Waals surface area contributed by atoms with Crippen LogP contribution in [-0.4, -0.2) is 52.5 Å². The Morgan fingerprint density at radius 2 is 2.14 bits per heavy atom. The number of rotatable bonds is 4. The van der Waals surface area contributed by atoms with Gasteiger partial charge in [-0.2, -0.15) is 0 Å². The van der Waals surface area contributed by atoms with E-state index in [1.165, 1.54) is 0 Å². The van der Waals surface area contributed by atoms with Gasteiger partial charge in [0.1, 0.15) is 5.70 Å². The standard InChI is InChI=1S/C20H25N7O/c1-20(2)9-13(7-12-8-15(18(21)28)24-17(12)20)23-19-22-6-5-14(25-19)16-10-26(3)11-27(16)4/h5-10,17,24H,11H2,1-4H3,(H2,21,28)(H,22,23,25). The third-order valence-electron chi connectivity index (χ3n) is 5.17. The second kappa shape index (κ2) is 6.40. The van der Waals surface area contributed by atoms with Crippen molar-refractivity contribution in [1.82, 2.24) is 25.1 Å². The van der Waals surface area contributed by atoms with Gasteiger partial charge in [-0.25, -0.2) is 9.97 Å². The van der Waals surface area contributed by atoms with Crippen molar-refractivity contribution in [2.75, 3.05) is 26.1 Å². The highest BCUT2D eigenvalue weighted by atomic mass is 16.1. The second-order valence-electron chi connectivity index (χ2n) is 8.07. The van der Waals surface area contributed by atoms with Gasteiger partial charge >= 0.3 is 0 Å². The van der Waals surface area contributed by atoms with Gasteiger partial charge in [-0.3, -0.25) is 4.79 Å². The zero-order chi connectivity index (χ0) is 20.1. The molecule has 1 aromatic heterocycles. The molecule has 3 heterocycles. The molecule has 8 heteroatoms. The van der Waals surface area contributed by atoms with Crippen LogP contribution in [0.5, 0.6) is 0 Å². The summed E-state index contributed by atoms with van der Waals surface area (Å²) in [6, 6.07) is 1.92. The Kier molecular flexibility index (Phi) is 4.14. The molecular formula is C20H25N7O. The lowest BCUT2D eigenvalue weighted by atomic mass is 9.77. The largest absolute Gasteiger partial charge is 0.373 e. The first-order valence-electron chi connectivity index (χ1n) is 9.19. The van der Waals surface area contributed by atoms with E-state index in [0.29, 0.717) is 11.6 Å². The normalized spacial score (nSPS) is 22.6. The summed E-state index contributed by atoms with van der Waals surface area (Å²) in [5.74, 6) is 0.0827. The fourth-order valence-electron chi connectivity index (χ4n) is 3.90. The van der Waals surface area contributed by atoms with E-state index in [9.17, 15) is 4.79 Å². The van der Waals surface area contributed by atoms with Crippen LogP contribution in [0.3, 0.4) is 0 Å². The SMILES string of the molecule is CN1C=C(c2ccnc(NC3=CC(C)(C)C4NC(C(N)=O)=CC4=C3)n2)N(C)C1. The quantitative estimate of drug-likeness (QED) is 0.723. The van der Waals surface area contributed by atoms with E-state index in [1.54, 1.807) is 6.20 Å². The van der Waals surface area contributed by atoms with Crippen molar-refractivity contribution in [3.63, 3.8) is 0 Å². The number of fused-ring (bicyclic) bond motifs is 1. The number of nitrogens with one attached hydrogen (secondary N) is 2. The highest BCUT2D eigenvalue weighted by Gasteiger charge is 2.38. The second-order valence-corrected chi connectivity index (χ2v) is 8.07. The van der Waals surface area contributed by atoms with E-state index in [4.69, 9.17) is 5.73 Å². The summed E-state index contributed by atoms with van der Waals surface area (Å²) in [5, 5.41) is 6.53. The molecule has 0 bridgehead atoms. The molecule has 1 unspecified atom stereocenters. The van der Waals surface area contributed by atoms with Gasteiger partial charge in [-0.1, -0.05) is 19.9 Å². The first-order chi connectivity index (χ1) is 13.2. The molecule has 4 N–H and O–H groups in total. The third kappa shape index (κ3) is 3.21. The Hall–Kier alpha value is -3.29. The average molecular weight is 379 g/mol. The van der Waals surface area contributed by atoms with E-state index < -0.39 is 5.91 Å². The van der Waals surface area contributed by atoms with Gasteiger partial charge in [-0.05, 0) is 23.8 Å². The monoisotopic (exact) mass is 379 g/mol. The number of hydrogen-bond acceptors (Lipinski definition) is 7. The Balaban J connectivity index is 1.60. The number of anilines is 1. The zero-order valence-electron chi connectivity index (χ0n) is 16.5. The fraction of sp³-hybridized carbons (Fsp3) is 0.350. The van der Waals surface area contributed by atoms with E-state index in [-0.39, 0.29) is 11.5 Å². The molecule has 0 radical (unpaired) electrons. The summed E-state index contributed by atoms with van der Waals surface area (Å²) in [6.07, 6.45) is 9.77. The number of carbonyl (C=O) groups excluding carboxylic acids is 1. The highest BCUT2D eigenvalue weighted by Crippen LogP contribution is 2.38. The molecule has 0 saturated carbocycles. The summed E-state index contributed by atoms with van der Waals surface area (Å²) in [7, 11) is 4.07. The van der Waals surface area contributed by atoms with Crippen LogP contribution in [0.2, 0.25) is 0 Å². The molecule has 0 spiro atoms. The van der Waals surface area contributed by atoms with Gasteiger partial charge in [-0.15, -0.1) is 0 Å². The Morgan fingerprint density at radius 3 is 2.82 bits per heavy atom. The summed E-state index contributed by atoms with van der Waals surface area (Å²) >= 11 is 0. The maximum atomic E-state index is 11.5. The van der Waals surface area contributed by atoms with Crippen LogP contribution in [0.15, 0.2) is 53.7 Å². The number of carbonyl (C=O) groups is 1. The maximum Gasteiger partial charge on any atom is 0.264 e. The van der Waals surface area contributed by atoms with Crippen molar-refractivity contribution >= 4 is 17.6 Å². The lowest BCUT2D eigenvalue weighted by Gasteiger charge is -2.34. The van der Waals surface area contributed by atoms with Crippen LogP contribution in [0.25, 0.3) is 5.70 Å². The first kappa shape index (κ1) is 18.1. The van der Waals surface area contributed by atoms with Crippen LogP contribution in [0.1, 0.15) is 19.5 Å². The molecule has 1 aliphatic carbocycles. The molecule has 1 amide bonds. The lowest BCUT2D eigenvalue weighted by Crippen LogP contribution is -2.41. The highest BCUT2D eigenvalue weighted by molar-refractivity contribution is 5.93. The molecular weight excluding hydrogens is 354 g/mol. The molecule has 0 saturated heterocycles. The van der Waals surface area contributed by atoms with Crippen LogP contribution in [-0.2, 0) is 4.79 Å². The minimum atomic E-state index is -0.449. The van der Waals surface area contributed by atoms with Gasteiger partial charge in [0, 0.05) is 37.6 Å². The molecule has 2 aliphatic heterocycles. The Morgan fingerprint density at radius 1 is 1.36 bits per heavy atom. The van der Waals surface area contributed by atoms with Crippen LogP contribution >= 0.6 is 0 Å². The van der Waals surface area contributed by atoms with E-state index in [2.05, 4.69) is 56.5 Å². The molecule has 4 rings (SSSR count). The van der Waals surface area contributed by atoms with Gasteiger partial charge in [0.15, 0.2) is 0 Å². The Labute approximate surface area is 164 Å². The van der Waals surface area contributed by atoms with Crippen molar-refractivity contribution in [2.45, 2.75) is 19.9 Å². The van der Waals surface area contributed by atoms with Crippen molar-refractivity contribution in [3.8, 4) is 0 Å². The van der Waals surface area contributed by atoms with Crippen molar-refractivity contribution in [2.24, 2.45) is 11.1 Å². The van der Waals surface area contributed by atoms with Crippen molar-refractivity contribution < 1.29 is 4.79 Å². The third-order valence-corrected chi connectivity index (χ3v) is 5.17. The van der Waals surface area contributed by atoms with Gasteiger partial charge in [0.25, 0.3) is 5.91 Å². The number of nitrogens with zero attached hydrogens (tertiary/aromatic N) is 4. The molecule has 0 aromatic carbocycles. The summed E-state index contributed by atoms with van der Waals surface area (Å²) < 4.78 is 0. The maximum absolute atomic E-state index is 11.5.